The predicted molar refractivity (Wildman–Crippen MR) is 92.6 cm³/mol. The molecule has 7 heteroatoms. The Bertz CT molecular complexity index is 766. The van der Waals surface area contributed by atoms with E-state index in [4.69, 9.17) is 21.1 Å². The molecule has 3 heterocycles. The van der Waals surface area contributed by atoms with Crippen molar-refractivity contribution in [2.45, 2.75) is 38.9 Å². The molecular weight excluding hydrogens is 330 g/mol. The van der Waals surface area contributed by atoms with E-state index in [1.165, 1.54) is 0 Å². The van der Waals surface area contributed by atoms with Crippen molar-refractivity contribution in [1.29, 1.82) is 0 Å². The Morgan fingerprint density at radius 3 is 2.88 bits per heavy atom. The van der Waals surface area contributed by atoms with Gasteiger partial charge in [-0.15, -0.1) is 0 Å². The largest absolute Gasteiger partial charge is 0.488 e. The standard InChI is InChI=1S/C17H22ClN3O3/c1-17(2,3)24-16(22)21-8-5-11(10-21)23-13-9-14(18)19-15-12(13)6-7-20(15)4/h6-7,9,11H,5,8,10H2,1-4H3/t11-/m1/s1. The number of aryl methyl sites for hydroxylation is 1. The van der Waals surface area contributed by atoms with Gasteiger partial charge in [0.25, 0.3) is 0 Å². The minimum Gasteiger partial charge on any atom is -0.488 e. The van der Waals surface area contributed by atoms with Gasteiger partial charge in [-0.1, -0.05) is 11.6 Å². The van der Waals surface area contributed by atoms with E-state index in [0.29, 0.717) is 24.0 Å². The van der Waals surface area contributed by atoms with Crippen molar-refractivity contribution < 1.29 is 14.3 Å². The number of aromatic nitrogens is 2. The number of pyridine rings is 1. The first-order valence-corrected chi connectivity index (χ1v) is 8.37. The van der Waals surface area contributed by atoms with Gasteiger partial charge in [-0.05, 0) is 26.8 Å². The Kier molecular flexibility index (Phi) is 4.34. The monoisotopic (exact) mass is 351 g/mol. The van der Waals surface area contributed by atoms with Crippen molar-refractivity contribution in [3.05, 3.63) is 23.5 Å². The maximum atomic E-state index is 12.1. The van der Waals surface area contributed by atoms with Crippen LogP contribution >= 0.6 is 11.6 Å². The summed E-state index contributed by atoms with van der Waals surface area (Å²) in [7, 11) is 1.91. The number of likely N-dealkylation sites (tertiary alicyclic amines) is 1. The topological polar surface area (TPSA) is 56.6 Å². The molecule has 0 N–H and O–H groups in total. The molecule has 1 fully saturated rings. The maximum Gasteiger partial charge on any atom is 0.410 e. The van der Waals surface area contributed by atoms with Gasteiger partial charge in [0.1, 0.15) is 28.3 Å². The third-order valence-corrected chi connectivity index (χ3v) is 4.05. The molecule has 0 radical (unpaired) electrons. The molecule has 0 aliphatic carbocycles. The highest BCUT2D eigenvalue weighted by Gasteiger charge is 2.31. The summed E-state index contributed by atoms with van der Waals surface area (Å²) in [5.74, 6) is 0.696. The van der Waals surface area contributed by atoms with Gasteiger partial charge in [-0.2, -0.15) is 0 Å². The smallest absolute Gasteiger partial charge is 0.410 e. The van der Waals surface area contributed by atoms with Crippen LogP contribution in [0, 0.1) is 0 Å². The van der Waals surface area contributed by atoms with E-state index in [1.54, 1.807) is 11.0 Å². The van der Waals surface area contributed by atoms with Crippen LogP contribution in [0.3, 0.4) is 0 Å². The Morgan fingerprint density at radius 1 is 1.42 bits per heavy atom. The van der Waals surface area contributed by atoms with Crippen LogP contribution in [0.2, 0.25) is 5.15 Å². The molecule has 1 atom stereocenters. The van der Waals surface area contributed by atoms with Gasteiger partial charge in [0.2, 0.25) is 0 Å². The molecule has 1 aliphatic heterocycles. The molecule has 3 rings (SSSR count). The molecule has 0 bridgehead atoms. The van der Waals surface area contributed by atoms with Crippen molar-refractivity contribution in [3.63, 3.8) is 0 Å². The molecule has 0 aromatic carbocycles. The van der Waals surface area contributed by atoms with Crippen molar-refractivity contribution in [2.75, 3.05) is 13.1 Å². The number of fused-ring (bicyclic) bond motifs is 1. The number of hydrogen-bond donors (Lipinski definition) is 0. The fraction of sp³-hybridized carbons (Fsp3) is 0.529. The first-order chi connectivity index (χ1) is 11.2. The van der Waals surface area contributed by atoms with E-state index in [-0.39, 0.29) is 12.2 Å². The minimum atomic E-state index is -0.495. The fourth-order valence-corrected chi connectivity index (χ4v) is 2.95. The summed E-state index contributed by atoms with van der Waals surface area (Å²) in [6.45, 7) is 6.71. The summed E-state index contributed by atoms with van der Waals surface area (Å²) in [6, 6.07) is 3.68. The van der Waals surface area contributed by atoms with Gasteiger partial charge in [0, 0.05) is 32.3 Å². The van der Waals surface area contributed by atoms with E-state index in [9.17, 15) is 4.79 Å². The fourth-order valence-electron chi connectivity index (χ4n) is 2.77. The Balaban J connectivity index is 1.71. The maximum absolute atomic E-state index is 12.1. The Morgan fingerprint density at radius 2 is 2.17 bits per heavy atom. The van der Waals surface area contributed by atoms with Crippen LogP contribution in [0.25, 0.3) is 11.0 Å². The summed E-state index contributed by atoms with van der Waals surface area (Å²) < 4.78 is 13.4. The van der Waals surface area contributed by atoms with E-state index in [2.05, 4.69) is 4.98 Å². The number of rotatable bonds is 2. The lowest BCUT2D eigenvalue weighted by Crippen LogP contribution is -2.36. The van der Waals surface area contributed by atoms with E-state index in [1.807, 2.05) is 44.6 Å². The number of carbonyl (C=O) groups excluding carboxylic acids is 1. The summed E-state index contributed by atoms with van der Waals surface area (Å²) in [4.78, 5) is 18.1. The Hall–Kier alpha value is -1.95. The lowest BCUT2D eigenvalue weighted by molar-refractivity contribution is 0.0276. The van der Waals surface area contributed by atoms with Crippen LogP contribution in [-0.2, 0) is 11.8 Å². The molecule has 2 aromatic heterocycles. The molecule has 0 unspecified atom stereocenters. The summed E-state index contributed by atoms with van der Waals surface area (Å²) in [5, 5.41) is 1.30. The lowest BCUT2D eigenvalue weighted by Gasteiger charge is -2.24. The van der Waals surface area contributed by atoms with E-state index < -0.39 is 5.60 Å². The molecule has 0 saturated carbocycles. The average molecular weight is 352 g/mol. The molecule has 130 valence electrons. The summed E-state index contributed by atoms with van der Waals surface area (Å²) >= 11 is 6.10. The second-order valence-corrected chi connectivity index (χ2v) is 7.45. The van der Waals surface area contributed by atoms with Gasteiger partial charge in [-0.25, -0.2) is 9.78 Å². The number of amides is 1. The van der Waals surface area contributed by atoms with Crippen LogP contribution in [0.4, 0.5) is 4.79 Å². The highest BCUT2D eigenvalue weighted by atomic mass is 35.5. The quantitative estimate of drug-likeness (QED) is 0.775. The van der Waals surface area contributed by atoms with Crippen molar-refractivity contribution in [1.82, 2.24) is 14.5 Å². The van der Waals surface area contributed by atoms with Gasteiger partial charge in [0.05, 0.1) is 11.9 Å². The van der Waals surface area contributed by atoms with Gasteiger partial charge < -0.3 is 18.9 Å². The first kappa shape index (κ1) is 16.9. The van der Waals surface area contributed by atoms with Crippen LogP contribution in [0.5, 0.6) is 5.75 Å². The number of ether oxygens (including phenoxy) is 2. The molecule has 1 aliphatic rings. The lowest BCUT2D eigenvalue weighted by atomic mass is 10.2. The number of hydrogen-bond acceptors (Lipinski definition) is 4. The number of nitrogens with zero attached hydrogens (tertiary/aromatic N) is 3. The third-order valence-electron chi connectivity index (χ3n) is 3.86. The number of halogens is 1. The van der Waals surface area contributed by atoms with E-state index in [0.717, 1.165) is 17.5 Å². The highest BCUT2D eigenvalue weighted by Crippen LogP contribution is 2.30. The summed E-state index contributed by atoms with van der Waals surface area (Å²) in [6.07, 6.45) is 2.29. The third kappa shape index (κ3) is 3.59. The number of carbonyl (C=O) groups is 1. The van der Waals surface area contributed by atoms with Gasteiger partial charge in [0.15, 0.2) is 0 Å². The zero-order valence-electron chi connectivity index (χ0n) is 14.4. The molecular formula is C17H22ClN3O3. The first-order valence-electron chi connectivity index (χ1n) is 7.99. The minimum absolute atomic E-state index is 0.0839. The molecule has 1 amide bonds. The van der Waals surface area contributed by atoms with Gasteiger partial charge in [-0.3, -0.25) is 0 Å². The van der Waals surface area contributed by atoms with Crippen molar-refractivity contribution >= 4 is 28.7 Å². The molecule has 2 aromatic rings. The average Bonchev–Trinajstić information content (AvgIpc) is 3.05. The zero-order valence-corrected chi connectivity index (χ0v) is 15.1. The van der Waals surface area contributed by atoms with Crippen LogP contribution in [0.1, 0.15) is 27.2 Å². The second kappa shape index (κ2) is 6.16. The van der Waals surface area contributed by atoms with E-state index >= 15 is 0 Å². The predicted octanol–water partition coefficient (Wildman–Crippen LogP) is 3.61. The SMILES string of the molecule is Cn1ccc2c(O[C@@H]3CCN(C(=O)OC(C)(C)C)C3)cc(Cl)nc21. The van der Waals surface area contributed by atoms with Gasteiger partial charge >= 0.3 is 6.09 Å². The molecule has 6 nitrogen and oxygen atoms in total. The molecule has 24 heavy (non-hydrogen) atoms. The van der Waals surface area contributed by atoms with Crippen molar-refractivity contribution in [3.8, 4) is 5.75 Å². The van der Waals surface area contributed by atoms with Crippen LogP contribution in [0.15, 0.2) is 18.3 Å². The summed E-state index contributed by atoms with van der Waals surface area (Å²) in [5.41, 5.74) is 0.282. The molecule has 1 saturated heterocycles. The second-order valence-electron chi connectivity index (χ2n) is 7.06. The highest BCUT2D eigenvalue weighted by molar-refractivity contribution is 6.30. The Labute approximate surface area is 146 Å². The zero-order chi connectivity index (χ0) is 17.5. The normalized spacial score (nSPS) is 18.2. The van der Waals surface area contributed by atoms with Crippen molar-refractivity contribution in [2.24, 2.45) is 7.05 Å². The van der Waals surface area contributed by atoms with Crippen LogP contribution in [-0.4, -0.2) is 45.3 Å². The molecule has 0 spiro atoms. The van der Waals surface area contributed by atoms with Crippen LogP contribution < -0.4 is 4.74 Å².